The van der Waals surface area contributed by atoms with Crippen LogP contribution in [0.15, 0.2) is 41.0 Å². The molecule has 1 aromatic heterocycles. The van der Waals surface area contributed by atoms with Crippen LogP contribution in [-0.4, -0.2) is 22.8 Å². The van der Waals surface area contributed by atoms with Crippen molar-refractivity contribution >= 4 is 27.5 Å². The molecule has 0 aliphatic rings. The lowest BCUT2D eigenvalue weighted by Gasteiger charge is -2.16. The van der Waals surface area contributed by atoms with Gasteiger partial charge in [0.2, 0.25) is 0 Å². The number of hydrogen-bond donors (Lipinski definition) is 2. The van der Waals surface area contributed by atoms with Crippen molar-refractivity contribution in [1.29, 1.82) is 0 Å². The summed E-state index contributed by atoms with van der Waals surface area (Å²) in [6, 6.07) is 9.52. The van der Waals surface area contributed by atoms with E-state index in [0.717, 1.165) is 10.0 Å². The van der Waals surface area contributed by atoms with Crippen molar-refractivity contribution in [3.05, 3.63) is 52.3 Å². The van der Waals surface area contributed by atoms with Gasteiger partial charge in [-0.25, -0.2) is 0 Å². The van der Waals surface area contributed by atoms with Crippen LogP contribution in [0.1, 0.15) is 16.1 Å². The van der Waals surface area contributed by atoms with E-state index in [0.29, 0.717) is 17.9 Å². The lowest BCUT2D eigenvalue weighted by Crippen LogP contribution is -2.26. The standard InChI is InChI=1S/C13H14BrN3O/c1-17(8-9-3-2-4-10(14)5-9)13(18)12-6-11(15)7-16-12/h2-7,16H,8,15H2,1H3. The first-order valence-electron chi connectivity index (χ1n) is 5.50. The van der Waals surface area contributed by atoms with Crippen LogP contribution in [-0.2, 0) is 6.54 Å². The molecule has 2 rings (SSSR count). The maximum absolute atomic E-state index is 12.1. The number of rotatable bonds is 3. The summed E-state index contributed by atoms with van der Waals surface area (Å²) in [7, 11) is 1.76. The molecular weight excluding hydrogens is 294 g/mol. The summed E-state index contributed by atoms with van der Waals surface area (Å²) in [6.45, 7) is 0.553. The Morgan fingerprint density at radius 2 is 2.22 bits per heavy atom. The lowest BCUT2D eigenvalue weighted by molar-refractivity contribution is 0.0780. The van der Waals surface area contributed by atoms with E-state index in [1.807, 2.05) is 24.3 Å². The molecule has 94 valence electrons. The third kappa shape index (κ3) is 2.92. The minimum Gasteiger partial charge on any atom is -0.397 e. The molecule has 0 unspecified atom stereocenters. The van der Waals surface area contributed by atoms with Crippen molar-refractivity contribution in [3.63, 3.8) is 0 Å². The minimum atomic E-state index is -0.0772. The van der Waals surface area contributed by atoms with Gasteiger partial charge in [0.15, 0.2) is 0 Å². The monoisotopic (exact) mass is 307 g/mol. The number of nitrogens with one attached hydrogen (secondary N) is 1. The van der Waals surface area contributed by atoms with E-state index in [1.165, 1.54) is 0 Å². The summed E-state index contributed by atoms with van der Waals surface area (Å²) in [6.07, 6.45) is 1.61. The number of hydrogen-bond acceptors (Lipinski definition) is 2. The Labute approximate surface area is 114 Å². The summed E-state index contributed by atoms with van der Waals surface area (Å²) in [5, 5.41) is 0. The van der Waals surface area contributed by atoms with E-state index in [4.69, 9.17) is 5.73 Å². The van der Waals surface area contributed by atoms with Crippen molar-refractivity contribution in [2.75, 3.05) is 12.8 Å². The van der Waals surface area contributed by atoms with Gasteiger partial charge in [0, 0.05) is 29.9 Å². The third-order valence-corrected chi connectivity index (χ3v) is 3.08. The van der Waals surface area contributed by atoms with E-state index in [1.54, 1.807) is 24.2 Å². The number of H-pyrrole nitrogens is 1. The molecular formula is C13H14BrN3O. The molecule has 0 spiro atoms. The predicted molar refractivity (Wildman–Crippen MR) is 75.1 cm³/mol. The van der Waals surface area contributed by atoms with E-state index in [2.05, 4.69) is 20.9 Å². The molecule has 0 radical (unpaired) electrons. The second kappa shape index (κ2) is 5.27. The topological polar surface area (TPSA) is 62.1 Å². The Bertz CT molecular complexity index is 565. The van der Waals surface area contributed by atoms with Crippen LogP contribution in [0, 0.1) is 0 Å². The molecule has 3 N–H and O–H groups in total. The summed E-state index contributed by atoms with van der Waals surface area (Å²) < 4.78 is 1.00. The van der Waals surface area contributed by atoms with Gasteiger partial charge >= 0.3 is 0 Å². The molecule has 0 saturated heterocycles. The highest BCUT2D eigenvalue weighted by Gasteiger charge is 2.13. The number of aromatic nitrogens is 1. The first kappa shape index (κ1) is 12.7. The zero-order chi connectivity index (χ0) is 13.1. The van der Waals surface area contributed by atoms with Crippen molar-refractivity contribution in [1.82, 2.24) is 9.88 Å². The van der Waals surface area contributed by atoms with Gasteiger partial charge in [-0.05, 0) is 23.8 Å². The van der Waals surface area contributed by atoms with Crippen LogP contribution in [0.2, 0.25) is 0 Å². The molecule has 0 bridgehead atoms. The van der Waals surface area contributed by atoms with E-state index in [9.17, 15) is 4.79 Å². The van der Waals surface area contributed by atoms with E-state index >= 15 is 0 Å². The molecule has 0 atom stereocenters. The van der Waals surface area contributed by atoms with Gasteiger partial charge in [-0.1, -0.05) is 28.1 Å². The SMILES string of the molecule is CN(Cc1cccc(Br)c1)C(=O)c1cc(N)c[nH]1. The molecule has 5 heteroatoms. The molecule has 1 heterocycles. The number of amides is 1. The maximum atomic E-state index is 12.1. The van der Waals surface area contributed by atoms with Gasteiger partial charge in [0.05, 0.1) is 0 Å². The largest absolute Gasteiger partial charge is 0.397 e. The van der Waals surface area contributed by atoms with Crippen molar-refractivity contribution in [3.8, 4) is 0 Å². The first-order chi connectivity index (χ1) is 8.56. The summed E-state index contributed by atoms with van der Waals surface area (Å²) in [5.41, 5.74) is 7.72. The molecule has 0 fully saturated rings. The number of aromatic amines is 1. The number of nitrogen functional groups attached to an aromatic ring is 1. The van der Waals surface area contributed by atoms with Gasteiger partial charge in [-0.3, -0.25) is 4.79 Å². The van der Waals surface area contributed by atoms with Crippen molar-refractivity contribution < 1.29 is 4.79 Å². The zero-order valence-electron chi connectivity index (χ0n) is 9.98. The summed E-state index contributed by atoms with van der Waals surface area (Å²) >= 11 is 3.41. The average Bonchev–Trinajstić information content (AvgIpc) is 2.75. The molecule has 1 aromatic carbocycles. The van der Waals surface area contributed by atoms with E-state index in [-0.39, 0.29) is 5.91 Å². The number of benzene rings is 1. The molecule has 0 aliphatic heterocycles. The van der Waals surface area contributed by atoms with Gasteiger partial charge in [-0.15, -0.1) is 0 Å². The quantitative estimate of drug-likeness (QED) is 0.915. The smallest absolute Gasteiger partial charge is 0.270 e. The fourth-order valence-electron chi connectivity index (χ4n) is 1.72. The van der Waals surface area contributed by atoms with Gasteiger partial charge in [-0.2, -0.15) is 0 Å². The Balaban J connectivity index is 2.08. The fraction of sp³-hybridized carbons (Fsp3) is 0.154. The number of anilines is 1. The normalized spacial score (nSPS) is 10.3. The molecule has 0 saturated carbocycles. The van der Waals surface area contributed by atoms with Crippen LogP contribution in [0.4, 0.5) is 5.69 Å². The number of carbonyl (C=O) groups excluding carboxylic acids is 1. The van der Waals surface area contributed by atoms with Crippen LogP contribution in [0.3, 0.4) is 0 Å². The Morgan fingerprint density at radius 3 is 2.83 bits per heavy atom. The highest BCUT2D eigenvalue weighted by molar-refractivity contribution is 9.10. The lowest BCUT2D eigenvalue weighted by atomic mass is 10.2. The summed E-state index contributed by atoms with van der Waals surface area (Å²) in [5.74, 6) is -0.0772. The summed E-state index contributed by atoms with van der Waals surface area (Å²) in [4.78, 5) is 16.6. The van der Waals surface area contributed by atoms with Crippen molar-refractivity contribution in [2.45, 2.75) is 6.54 Å². The predicted octanol–water partition coefficient (Wildman–Crippen LogP) is 2.63. The number of nitrogens with two attached hydrogens (primary N) is 1. The number of carbonyl (C=O) groups is 1. The van der Waals surface area contributed by atoms with E-state index < -0.39 is 0 Å². The molecule has 2 aromatic rings. The highest BCUT2D eigenvalue weighted by Crippen LogP contribution is 2.14. The van der Waals surface area contributed by atoms with Crippen LogP contribution < -0.4 is 5.73 Å². The third-order valence-electron chi connectivity index (χ3n) is 2.59. The maximum Gasteiger partial charge on any atom is 0.270 e. The molecule has 0 aliphatic carbocycles. The van der Waals surface area contributed by atoms with Crippen LogP contribution in [0.5, 0.6) is 0 Å². The zero-order valence-corrected chi connectivity index (χ0v) is 11.6. The minimum absolute atomic E-state index is 0.0772. The van der Waals surface area contributed by atoms with Gasteiger partial charge < -0.3 is 15.6 Å². The van der Waals surface area contributed by atoms with Gasteiger partial charge in [0.25, 0.3) is 5.91 Å². The Morgan fingerprint density at radius 1 is 1.44 bits per heavy atom. The molecule has 1 amide bonds. The van der Waals surface area contributed by atoms with Gasteiger partial charge in [0.1, 0.15) is 5.69 Å². The Kier molecular flexibility index (Phi) is 3.72. The second-order valence-electron chi connectivity index (χ2n) is 4.14. The second-order valence-corrected chi connectivity index (χ2v) is 5.05. The molecule has 4 nitrogen and oxygen atoms in total. The van der Waals surface area contributed by atoms with Crippen LogP contribution in [0.25, 0.3) is 0 Å². The number of halogens is 1. The highest BCUT2D eigenvalue weighted by atomic mass is 79.9. The van der Waals surface area contributed by atoms with Crippen molar-refractivity contribution in [2.24, 2.45) is 0 Å². The molecule has 18 heavy (non-hydrogen) atoms. The average molecular weight is 308 g/mol. The number of nitrogens with zero attached hydrogens (tertiary/aromatic N) is 1. The fourth-order valence-corrected chi connectivity index (χ4v) is 2.17. The van der Waals surface area contributed by atoms with Crippen LogP contribution >= 0.6 is 15.9 Å². The Hall–Kier alpha value is -1.75. The first-order valence-corrected chi connectivity index (χ1v) is 6.29.